The second kappa shape index (κ2) is 7.01. The quantitative estimate of drug-likeness (QED) is 0.926. The fraction of sp³-hybridized carbons (Fsp3) is 0.278. The molecule has 0 radical (unpaired) electrons. The highest BCUT2D eigenvalue weighted by molar-refractivity contribution is 6.30. The molecule has 1 aromatic heterocycles. The molecule has 1 aromatic carbocycles. The van der Waals surface area contributed by atoms with Crippen molar-refractivity contribution in [2.24, 2.45) is 0 Å². The molecule has 5 nitrogen and oxygen atoms in total. The van der Waals surface area contributed by atoms with Gasteiger partial charge >= 0.3 is 0 Å². The highest BCUT2D eigenvalue weighted by atomic mass is 35.5. The molecule has 0 bridgehead atoms. The SMILES string of the molecule is C[C@H](NC(=O)c1cc(Cl)ccn1)c1cccc(N2CCCC2=O)c1. The van der Waals surface area contributed by atoms with Gasteiger partial charge in [0, 0.05) is 29.9 Å². The van der Waals surface area contributed by atoms with Crippen molar-refractivity contribution in [1.29, 1.82) is 0 Å². The Kier molecular flexibility index (Phi) is 4.81. The van der Waals surface area contributed by atoms with Crippen LogP contribution in [-0.4, -0.2) is 23.3 Å². The summed E-state index contributed by atoms with van der Waals surface area (Å²) in [7, 11) is 0. The molecule has 2 heterocycles. The Labute approximate surface area is 145 Å². The summed E-state index contributed by atoms with van der Waals surface area (Å²) in [5, 5.41) is 3.37. The fourth-order valence-corrected chi connectivity index (χ4v) is 2.93. The Morgan fingerprint density at radius 2 is 2.17 bits per heavy atom. The molecule has 0 saturated carbocycles. The van der Waals surface area contributed by atoms with Crippen LogP contribution in [0, 0.1) is 0 Å². The smallest absolute Gasteiger partial charge is 0.270 e. The summed E-state index contributed by atoms with van der Waals surface area (Å²) in [4.78, 5) is 30.0. The minimum Gasteiger partial charge on any atom is -0.344 e. The number of hydrogen-bond acceptors (Lipinski definition) is 3. The summed E-state index contributed by atoms with van der Waals surface area (Å²) in [5.41, 5.74) is 2.08. The van der Waals surface area contributed by atoms with Gasteiger partial charge in [-0.25, -0.2) is 0 Å². The highest BCUT2D eigenvalue weighted by Crippen LogP contribution is 2.25. The van der Waals surface area contributed by atoms with Gasteiger partial charge in [-0.15, -0.1) is 0 Å². The van der Waals surface area contributed by atoms with Crippen molar-refractivity contribution in [3.05, 3.63) is 58.9 Å². The van der Waals surface area contributed by atoms with Gasteiger partial charge < -0.3 is 10.2 Å². The zero-order chi connectivity index (χ0) is 17.1. The number of pyridine rings is 1. The average molecular weight is 344 g/mol. The van der Waals surface area contributed by atoms with Crippen LogP contribution in [0.1, 0.15) is 41.9 Å². The van der Waals surface area contributed by atoms with Crippen molar-refractivity contribution in [3.8, 4) is 0 Å². The van der Waals surface area contributed by atoms with E-state index in [9.17, 15) is 9.59 Å². The number of halogens is 1. The van der Waals surface area contributed by atoms with E-state index in [1.54, 1.807) is 11.0 Å². The van der Waals surface area contributed by atoms with Crippen molar-refractivity contribution in [2.75, 3.05) is 11.4 Å². The van der Waals surface area contributed by atoms with Crippen LogP contribution in [0.3, 0.4) is 0 Å². The van der Waals surface area contributed by atoms with Gasteiger partial charge in [-0.05, 0) is 43.2 Å². The van der Waals surface area contributed by atoms with E-state index in [-0.39, 0.29) is 23.6 Å². The van der Waals surface area contributed by atoms with Crippen molar-refractivity contribution in [2.45, 2.75) is 25.8 Å². The third kappa shape index (κ3) is 3.57. The predicted molar refractivity (Wildman–Crippen MR) is 93.2 cm³/mol. The van der Waals surface area contributed by atoms with Crippen LogP contribution >= 0.6 is 11.6 Å². The lowest BCUT2D eigenvalue weighted by atomic mass is 10.1. The molecule has 1 aliphatic heterocycles. The average Bonchev–Trinajstić information content (AvgIpc) is 3.01. The number of nitrogens with one attached hydrogen (secondary N) is 1. The first-order valence-corrected chi connectivity index (χ1v) is 8.25. The van der Waals surface area contributed by atoms with E-state index in [4.69, 9.17) is 11.6 Å². The number of carbonyl (C=O) groups excluding carboxylic acids is 2. The number of amides is 2. The van der Waals surface area contributed by atoms with Crippen molar-refractivity contribution in [1.82, 2.24) is 10.3 Å². The normalized spacial score (nSPS) is 15.4. The molecule has 2 amide bonds. The number of benzene rings is 1. The van der Waals surface area contributed by atoms with Gasteiger partial charge in [0.15, 0.2) is 0 Å². The van der Waals surface area contributed by atoms with Gasteiger partial charge in [-0.2, -0.15) is 0 Å². The number of anilines is 1. The van der Waals surface area contributed by atoms with E-state index in [2.05, 4.69) is 10.3 Å². The fourth-order valence-electron chi connectivity index (χ4n) is 2.77. The first kappa shape index (κ1) is 16.5. The van der Waals surface area contributed by atoms with Crippen LogP contribution < -0.4 is 10.2 Å². The summed E-state index contributed by atoms with van der Waals surface area (Å²) < 4.78 is 0. The van der Waals surface area contributed by atoms with E-state index in [0.29, 0.717) is 11.4 Å². The number of hydrogen-bond donors (Lipinski definition) is 1. The van der Waals surface area contributed by atoms with Crippen molar-refractivity contribution < 1.29 is 9.59 Å². The Balaban J connectivity index is 1.74. The van der Waals surface area contributed by atoms with Crippen LogP contribution in [0.25, 0.3) is 0 Å². The van der Waals surface area contributed by atoms with Crippen LogP contribution in [0.5, 0.6) is 0 Å². The topological polar surface area (TPSA) is 62.3 Å². The standard InChI is InChI=1S/C18H18ClN3O2/c1-12(21-18(24)16-11-14(19)7-8-20-16)13-4-2-5-15(10-13)22-9-3-6-17(22)23/h2,4-5,7-8,10-12H,3,6,9H2,1H3,(H,21,24)/t12-/m0/s1. The third-order valence-corrected chi connectivity index (χ3v) is 4.29. The van der Waals surface area contributed by atoms with E-state index < -0.39 is 0 Å². The molecular weight excluding hydrogens is 326 g/mol. The molecule has 1 atom stereocenters. The second-order valence-electron chi connectivity index (χ2n) is 5.80. The number of rotatable bonds is 4. The molecule has 1 N–H and O–H groups in total. The molecule has 3 rings (SSSR count). The molecule has 1 fully saturated rings. The van der Waals surface area contributed by atoms with Crippen LogP contribution in [0.4, 0.5) is 5.69 Å². The van der Waals surface area contributed by atoms with E-state index >= 15 is 0 Å². The summed E-state index contributed by atoms with van der Waals surface area (Å²) in [6, 6.07) is 10.6. The highest BCUT2D eigenvalue weighted by Gasteiger charge is 2.22. The van der Waals surface area contributed by atoms with E-state index in [1.807, 2.05) is 31.2 Å². The van der Waals surface area contributed by atoms with Gasteiger partial charge in [-0.1, -0.05) is 23.7 Å². The van der Waals surface area contributed by atoms with Gasteiger partial charge in [0.05, 0.1) is 6.04 Å². The lowest BCUT2D eigenvalue weighted by Crippen LogP contribution is -2.28. The lowest BCUT2D eigenvalue weighted by molar-refractivity contribution is -0.117. The van der Waals surface area contributed by atoms with Gasteiger partial charge in [0.25, 0.3) is 5.91 Å². The number of aromatic nitrogens is 1. The minimum absolute atomic E-state index is 0.145. The van der Waals surface area contributed by atoms with Gasteiger partial charge in [0.2, 0.25) is 5.91 Å². The molecular formula is C18H18ClN3O2. The second-order valence-corrected chi connectivity index (χ2v) is 6.23. The Morgan fingerprint density at radius 3 is 2.88 bits per heavy atom. The van der Waals surface area contributed by atoms with E-state index in [0.717, 1.165) is 24.2 Å². The van der Waals surface area contributed by atoms with Gasteiger partial charge in [0.1, 0.15) is 5.69 Å². The zero-order valence-corrected chi connectivity index (χ0v) is 14.1. The maximum Gasteiger partial charge on any atom is 0.270 e. The number of carbonyl (C=O) groups is 2. The summed E-state index contributed by atoms with van der Waals surface area (Å²) >= 11 is 5.89. The molecule has 0 unspecified atom stereocenters. The molecule has 0 aliphatic carbocycles. The maximum atomic E-state index is 12.3. The summed E-state index contributed by atoms with van der Waals surface area (Å²) in [5.74, 6) is -0.139. The van der Waals surface area contributed by atoms with Crippen LogP contribution in [0.2, 0.25) is 5.02 Å². The molecule has 1 aliphatic rings. The van der Waals surface area contributed by atoms with Crippen molar-refractivity contribution >= 4 is 29.1 Å². The zero-order valence-electron chi connectivity index (χ0n) is 13.3. The summed E-state index contributed by atoms with van der Waals surface area (Å²) in [6.07, 6.45) is 2.98. The Hall–Kier alpha value is -2.40. The van der Waals surface area contributed by atoms with Crippen LogP contribution in [0.15, 0.2) is 42.6 Å². The van der Waals surface area contributed by atoms with Gasteiger partial charge in [-0.3, -0.25) is 14.6 Å². The molecule has 2 aromatic rings. The van der Waals surface area contributed by atoms with E-state index in [1.165, 1.54) is 12.3 Å². The predicted octanol–water partition coefficient (Wildman–Crippen LogP) is 3.35. The molecule has 0 spiro atoms. The first-order chi connectivity index (χ1) is 11.5. The van der Waals surface area contributed by atoms with Crippen LogP contribution in [-0.2, 0) is 4.79 Å². The van der Waals surface area contributed by atoms with Crippen molar-refractivity contribution in [3.63, 3.8) is 0 Å². The first-order valence-electron chi connectivity index (χ1n) is 7.87. The Bertz CT molecular complexity index is 778. The summed E-state index contributed by atoms with van der Waals surface area (Å²) in [6.45, 7) is 2.64. The minimum atomic E-state index is -0.285. The lowest BCUT2D eigenvalue weighted by Gasteiger charge is -2.19. The number of nitrogens with zero attached hydrogens (tertiary/aromatic N) is 2. The maximum absolute atomic E-state index is 12.3. The molecule has 6 heteroatoms. The Morgan fingerprint density at radius 1 is 1.33 bits per heavy atom. The third-order valence-electron chi connectivity index (χ3n) is 4.06. The molecule has 124 valence electrons. The largest absolute Gasteiger partial charge is 0.344 e. The molecule has 1 saturated heterocycles. The monoisotopic (exact) mass is 343 g/mol. The molecule has 24 heavy (non-hydrogen) atoms.